The lowest BCUT2D eigenvalue weighted by Gasteiger charge is -2.18. The Morgan fingerprint density at radius 1 is 1.33 bits per heavy atom. The molecule has 1 aromatic rings. The second-order valence-corrected chi connectivity index (χ2v) is 3.65. The van der Waals surface area contributed by atoms with Gasteiger partial charge in [0.05, 0.1) is 11.6 Å². The van der Waals surface area contributed by atoms with E-state index in [4.69, 9.17) is 11.0 Å². The first-order valence-corrected chi connectivity index (χ1v) is 4.94. The number of nitrogens with two attached hydrogens (primary N) is 1. The molecule has 0 aliphatic rings. The first-order valence-electron chi connectivity index (χ1n) is 4.94. The van der Waals surface area contributed by atoms with Crippen molar-refractivity contribution in [3.05, 3.63) is 35.4 Å². The molecule has 1 rings (SSSR count). The van der Waals surface area contributed by atoms with Crippen molar-refractivity contribution in [3.8, 4) is 6.07 Å². The summed E-state index contributed by atoms with van der Waals surface area (Å²) in [4.78, 5) is 0. The smallest absolute Gasteiger partial charge is 0.0991 e. The van der Waals surface area contributed by atoms with E-state index in [0.717, 1.165) is 12.0 Å². The minimum Gasteiger partial charge on any atom is -0.324 e. The molecule has 0 saturated heterocycles. The molecule has 0 saturated carbocycles. The third-order valence-corrected chi connectivity index (χ3v) is 2.68. The largest absolute Gasteiger partial charge is 0.324 e. The highest BCUT2D eigenvalue weighted by Crippen LogP contribution is 2.21. The molecule has 15 heavy (non-hydrogen) atoms. The van der Waals surface area contributed by atoms with E-state index in [2.05, 4.69) is 19.9 Å². The first-order chi connectivity index (χ1) is 6.69. The second kappa shape index (κ2) is 6.44. The maximum absolute atomic E-state index is 8.64. The zero-order chi connectivity index (χ0) is 10.6. The van der Waals surface area contributed by atoms with Gasteiger partial charge in [0.15, 0.2) is 0 Å². The van der Waals surface area contributed by atoms with Gasteiger partial charge in [-0.1, -0.05) is 32.4 Å². The molecule has 0 aliphatic carbocycles. The first kappa shape index (κ1) is 14.0. The van der Waals surface area contributed by atoms with Crippen molar-refractivity contribution in [2.75, 3.05) is 0 Å². The van der Waals surface area contributed by atoms with Crippen molar-refractivity contribution < 1.29 is 0 Å². The predicted octanol–water partition coefficient (Wildman–Crippen LogP) is 3.03. The molecule has 2 atom stereocenters. The lowest BCUT2D eigenvalue weighted by molar-refractivity contribution is 0.457. The van der Waals surface area contributed by atoms with Crippen LogP contribution in [0.15, 0.2) is 24.3 Å². The van der Waals surface area contributed by atoms with E-state index in [1.165, 1.54) is 0 Å². The average molecular weight is 225 g/mol. The third kappa shape index (κ3) is 3.54. The van der Waals surface area contributed by atoms with Gasteiger partial charge in [0, 0.05) is 6.04 Å². The van der Waals surface area contributed by atoms with Crippen molar-refractivity contribution in [2.45, 2.75) is 26.3 Å². The summed E-state index contributed by atoms with van der Waals surface area (Å²) in [6.45, 7) is 4.27. The van der Waals surface area contributed by atoms with Gasteiger partial charge in [-0.05, 0) is 23.6 Å². The van der Waals surface area contributed by atoms with Gasteiger partial charge in [-0.15, -0.1) is 12.4 Å². The Kier molecular flexibility index (Phi) is 6.00. The van der Waals surface area contributed by atoms with Gasteiger partial charge in [0.2, 0.25) is 0 Å². The van der Waals surface area contributed by atoms with E-state index in [0.29, 0.717) is 11.5 Å². The van der Waals surface area contributed by atoms with E-state index in [-0.39, 0.29) is 18.4 Å². The minimum atomic E-state index is 0. The number of halogens is 1. The van der Waals surface area contributed by atoms with Crippen LogP contribution in [-0.4, -0.2) is 0 Å². The van der Waals surface area contributed by atoms with Gasteiger partial charge >= 0.3 is 0 Å². The fourth-order valence-electron chi connectivity index (χ4n) is 1.36. The zero-order valence-electron chi connectivity index (χ0n) is 9.10. The summed E-state index contributed by atoms with van der Waals surface area (Å²) in [5.74, 6) is 0.475. The predicted molar refractivity (Wildman–Crippen MR) is 64.8 cm³/mol. The Morgan fingerprint density at radius 3 is 2.27 bits per heavy atom. The Morgan fingerprint density at radius 2 is 1.87 bits per heavy atom. The molecule has 82 valence electrons. The normalized spacial score (nSPS) is 13.5. The quantitative estimate of drug-likeness (QED) is 0.858. The van der Waals surface area contributed by atoms with E-state index in [1.54, 1.807) is 0 Å². The molecule has 1 unspecified atom stereocenters. The van der Waals surface area contributed by atoms with Gasteiger partial charge in [-0.3, -0.25) is 0 Å². The monoisotopic (exact) mass is 224 g/mol. The van der Waals surface area contributed by atoms with Crippen LogP contribution in [0.4, 0.5) is 0 Å². The standard InChI is InChI=1S/C12H16N2.ClH/c1-3-9(2)12(14)11-6-4-10(8-13)5-7-11;/h4-7,9,12H,3,14H2,1-2H3;1H/t9?,12-;/m1./s1. The van der Waals surface area contributed by atoms with Crippen LogP contribution in [-0.2, 0) is 0 Å². The number of hydrogen-bond acceptors (Lipinski definition) is 2. The molecule has 0 aliphatic heterocycles. The van der Waals surface area contributed by atoms with Gasteiger partial charge in [-0.25, -0.2) is 0 Å². The van der Waals surface area contributed by atoms with Crippen LogP contribution in [0, 0.1) is 17.2 Å². The van der Waals surface area contributed by atoms with Crippen molar-refractivity contribution in [1.29, 1.82) is 5.26 Å². The molecule has 0 aromatic heterocycles. The van der Waals surface area contributed by atoms with Gasteiger partial charge in [0.25, 0.3) is 0 Å². The molecule has 0 radical (unpaired) electrons. The van der Waals surface area contributed by atoms with Crippen molar-refractivity contribution in [1.82, 2.24) is 0 Å². The van der Waals surface area contributed by atoms with Crippen molar-refractivity contribution in [2.24, 2.45) is 11.7 Å². The van der Waals surface area contributed by atoms with E-state index in [1.807, 2.05) is 24.3 Å². The van der Waals surface area contributed by atoms with Crippen molar-refractivity contribution >= 4 is 12.4 Å². The number of nitrogens with zero attached hydrogens (tertiary/aromatic N) is 1. The van der Waals surface area contributed by atoms with Crippen LogP contribution in [0.2, 0.25) is 0 Å². The molecule has 0 spiro atoms. The molecule has 0 bridgehead atoms. The highest BCUT2D eigenvalue weighted by atomic mass is 35.5. The summed E-state index contributed by atoms with van der Waals surface area (Å²) < 4.78 is 0. The molecule has 2 nitrogen and oxygen atoms in total. The van der Waals surface area contributed by atoms with Gasteiger partial charge < -0.3 is 5.73 Å². The zero-order valence-corrected chi connectivity index (χ0v) is 9.92. The van der Waals surface area contributed by atoms with Crippen molar-refractivity contribution in [3.63, 3.8) is 0 Å². The van der Waals surface area contributed by atoms with Gasteiger partial charge in [-0.2, -0.15) is 5.26 Å². The summed E-state index contributed by atoms with van der Waals surface area (Å²) in [6.07, 6.45) is 1.07. The Hall–Kier alpha value is -1.04. The minimum absolute atomic E-state index is 0. The molecule has 3 heteroatoms. The number of nitriles is 1. The van der Waals surface area contributed by atoms with E-state index < -0.39 is 0 Å². The van der Waals surface area contributed by atoms with Crippen LogP contribution in [0.25, 0.3) is 0 Å². The highest BCUT2D eigenvalue weighted by molar-refractivity contribution is 5.85. The van der Waals surface area contributed by atoms with Crippen LogP contribution >= 0.6 is 12.4 Å². The highest BCUT2D eigenvalue weighted by Gasteiger charge is 2.12. The molecule has 1 aromatic carbocycles. The Bertz CT molecular complexity index is 326. The molecule has 0 amide bonds. The molecule has 0 heterocycles. The second-order valence-electron chi connectivity index (χ2n) is 3.65. The van der Waals surface area contributed by atoms with E-state index >= 15 is 0 Å². The third-order valence-electron chi connectivity index (χ3n) is 2.68. The average Bonchev–Trinajstić information content (AvgIpc) is 2.27. The Balaban J connectivity index is 0.00000196. The molecule has 0 fully saturated rings. The van der Waals surface area contributed by atoms with Crippen LogP contribution in [0.5, 0.6) is 0 Å². The Labute approximate surface area is 97.5 Å². The summed E-state index contributed by atoms with van der Waals surface area (Å²) in [7, 11) is 0. The molecular formula is C12H17ClN2. The summed E-state index contributed by atoms with van der Waals surface area (Å²) >= 11 is 0. The summed E-state index contributed by atoms with van der Waals surface area (Å²) in [6, 6.07) is 9.69. The fraction of sp³-hybridized carbons (Fsp3) is 0.417. The maximum atomic E-state index is 8.64. The van der Waals surface area contributed by atoms with Crippen LogP contribution in [0.3, 0.4) is 0 Å². The van der Waals surface area contributed by atoms with Crippen LogP contribution < -0.4 is 5.73 Å². The van der Waals surface area contributed by atoms with Gasteiger partial charge in [0.1, 0.15) is 0 Å². The number of hydrogen-bond donors (Lipinski definition) is 1. The molecule has 2 N–H and O–H groups in total. The number of rotatable bonds is 3. The SMILES string of the molecule is CCC(C)[C@@H](N)c1ccc(C#N)cc1.Cl. The lowest BCUT2D eigenvalue weighted by atomic mass is 9.93. The summed E-state index contributed by atoms with van der Waals surface area (Å²) in [5.41, 5.74) is 7.85. The number of benzene rings is 1. The molecular weight excluding hydrogens is 208 g/mol. The summed E-state index contributed by atoms with van der Waals surface area (Å²) in [5, 5.41) is 8.64. The van der Waals surface area contributed by atoms with E-state index in [9.17, 15) is 0 Å². The topological polar surface area (TPSA) is 49.8 Å². The maximum Gasteiger partial charge on any atom is 0.0991 e. The fourth-order valence-corrected chi connectivity index (χ4v) is 1.36. The lowest BCUT2D eigenvalue weighted by Crippen LogP contribution is -2.18. The van der Waals surface area contributed by atoms with Crippen LogP contribution in [0.1, 0.15) is 37.4 Å².